The molecule has 0 bridgehead atoms. The summed E-state index contributed by atoms with van der Waals surface area (Å²) in [6, 6.07) is 11.0. The van der Waals surface area contributed by atoms with Crippen LogP contribution < -0.4 is 0 Å². The lowest BCUT2D eigenvalue weighted by atomic mass is 9.98. The number of rotatable bonds is 0. The van der Waals surface area contributed by atoms with Crippen LogP contribution in [0, 0.1) is 0 Å². The molecule has 3 heterocycles. The number of thiophene rings is 1. The van der Waals surface area contributed by atoms with Crippen LogP contribution in [-0.2, 0) is 11.3 Å². The Balaban J connectivity index is 1.99. The minimum absolute atomic E-state index is 0.285. The van der Waals surface area contributed by atoms with Gasteiger partial charge < -0.3 is 4.90 Å². The maximum Gasteiger partial charge on any atom is 0.223 e. The molecular formula is C15H13NOS. The molecule has 4 rings (SSSR count). The van der Waals surface area contributed by atoms with E-state index in [1.54, 1.807) is 11.3 Å². The molecule has 0 N–H and O–H groups in total. The SMILES string of the molecule is O=C1CCC2c3ccccc3-c3sccc3CN12. The van der Waals surface area contributed by atoms with E-state index < -0.39 is 0 Å². The summed E-state index contributed by atoms with van der Waals surface area (Å²) in [5.74, 6) is 0.300. The Morgan fingerprint density at radius 1 is 1.22 bits per heavy atom. The molecule has 1 aromatic carbocycles. The van der Waals surface area contributed by atoms with Crippen LogP contribution in [0.3, 0.4) is 0 Å². The molecule has 3 heteroatoms. The van der Waals surface area contributed by atoms with Gasteiger partial charge in [-0.1, -0.05) is 24.3 Å². The van der Waals surface area contributed by atoms with Gasteiger partial charge in [-0.05, 0) is 34.6 Å². The van der Waals surface area contributed by atoms with Gasteiger partial charge in [0.1, 0.15) is 0 Å². The molecule has 2 aromatic rings. The van der Waals surface area contributed by atoms with Gasteiger partial charge in [0.2, 0.25) is 5.91 Å². The lowest BCUT2D eigenvalue weighted by Gasteiger charge is -2.23. The lowest BCUT2D eigenvalue weighted by Crippen LogP contribution is -2.26. The molecule has 1 unspecified atom stereocenters. The highest BCUT2D eigenvalue weighted by Crippen LogP contribution is 2.45. The third-order valence-electron chi connectivity index (χ3n) is 3.98. The number of carbonyl (C=O) groups excluding carboxylic acids is 1. The average molecular weight is 255 g/mol. The summed E-state index contributed by atoms with van der Waals surface area (Å²) >= 11 is 1.78. The fourth-order valence-corrected chi connectivity index (χ4v) is 4.09. The summed E-state index contributed by atoms with van der Waals surface area (Å²) in [4.78, 5) is 15.4. The van der Waals surface area contributed by atoms with Crippen molar-refractivity contribution in [3.8, 4) is 10.4 Å². The van der Waals surface area contributed by atoms with Gasteiger partial charge in [-0.3, -0.25) is 4.79 Å². The molecule has 1 amide bonds. The second-order valence-electron chi connectivity index (χ2n) is 4.94. The minimum atomic E-state index is 0.285. The number of benzene rings is 1. The molecule has 1 saturated heterocycles. The van der Waals surface area contributed by atoms with Gasteiger partial charge in [-0.2, -0.15) is 0 Å². The lowest BCUT2D eigenvalue weighted by molar-refractivity contribution is -0.129. The molecule has 1 fully saturated rings. The molecular weight excluding hydrogens is 242 g/mol. The fourth-order valence-electron chi connectivity index (χ4n) is 3.13. The van der Waals surface area contributed by atoms with E-state index in [1.807, 2.05) is 0 Å². The Kier molecular flexibility index (Phi) is 2.12. The zero-order valence-corrected chi connectivity index (χ0v) is 10.7. The van der Waals surface area contributed by atoms with Crippen molar-refractivity contribution >= 4 is 17.2 Å². The van der Waals surface area contributed by atoms with Crippen LogP contribution in [-0.4, -0.2) is 10.8 Å². The molecule has 2 aliphatic heterocycles. The van der Waals surface area contributed by atoms with E-state index in [4.69, 9.17) is 0 Å². The summed E-state index contributed by atoms with van der Waals surface area (Å²) in [5.41, 5.74) is 3.94. The van der Waals surface area contributed by atoms with E-state index in [2.05, 4.69) is 40.6 Å². The summed E-state index contributed by atoms with van der Waals surface area (Å²) in [7, 11) is 0. The van der Waals surface area contributed by atoms with Gasteiger partial charge >= 0.3 is 0 Å². The van der Waals surface area contributed by atoms with Crippen molar-refractivity contribution in [3.63, 3.8) is 0 Å². The molecule has 0 spiro atoms. The monoisotopic (exact) mass is 255 g/mol. The highest BCUT2D eigenvalue weighted by Gasteiger charge is 2.36. The van der Waals surface area contributed by atoms with Crippen molar-refractivity contribution in [1.82, 2.24) is 4.90 Å². The highest BCUT2D eigenvalue weighted by molar-refractivity contribution is 7.13. The smallest absolute Gasteiger partial charge is 0.223 e. The van der Waals surface area contributed by atoms with E-state index in [9.17, 15) is 4.79 Å². The van der Waals surface area contributed by atoms with Gasteiger partial charge in [0.25, 0.3) is 0 Å². The first-order chi connectivity index (χ1) is 8.84. The van der Waals surface area contributed by atoms with Crippen molar-refractivity contribution in [2.45, 2.75) is 25.4 Å². The van der Waals surface area contributed by atoms with E-state index in [1.165, 1.54) is 21.6 Å². The maximum atomic E-state index is 12.0. The predicted octanol–water partition coefficient (Wildman–Crippen LogP) is 3.59. The summed E-state index contributed by atoms with van der Waals surface area (Å²) in [6.45, 7) is 0.775. The summed E-state index contributed by atoms with van der Waals surface area (Å²) < 4.78 is 0. The second kappa shape index (κ2) is 3.69. The van der Waals surface area contributed by atoms with Crippen LogP contribution in [0.4, 0.5) is 0 Å². The highest BCUT2D eigenvalue weighted by atomic mass is 32.1. The summed E-state index contributed by atoms with van der Waals surface area (Å²) in [5, 5.41) is 2.13. The minimum Gasteiger partial charge on any atom is -0.331 e. The number of hydrogen-bond donors (Lipinski definition) is 0. The molecule has 0 radical (unpaired) electrons. The third kappa shape index (κ3) is 1.31. The van der Waals surface area contributed by atoms with E-state index in [0.29, 0.717) is 12.3 Å². The number of carbonyl (C=O) groups is 1. The third-order valence-corrected chi connectivity index (χ3v) is 4.97. The molecule has 18 heavy (non-hydrogen) atoms. The molecule has 0 saturated carbocycles. The normalized spacial score (nSPS) is 21.2. The molecule has 1 atom stereocenters. The van der Waals surface area contributed by atoms with Gasteiger partial charge in [-0.25, -0.2) is 0 Å². The van der Waals surface area contributed by atoms with Gasteiger partial charge in [0.15, 0.2) is 0 Å². The van der Waals surface area contributed by atoms with Gasteiger partial charge in [-0.15, -0.1) is 11.3 Å². The Morgan fingerprint density at radius 2 is 2.11 bits per heavy atom. The van der Waals surface area contributed by atoms with Crippen molar-refractivity contribution in [2.24, 2.45) is 0 Å². The van der Waals surface area contributed by atoms with Crippen LogP contribution in [0.5, 0.6) is 0 Å². The van der Waals surface area contributed by atoms with E-state index in [0.717, 1.165) is 13.0 Å². The van der Waals surface area contributed by atoms with E-state index >= 15 is 0 Å². The standard InChI is InChI=1S/C15H13NOS/c17-14-6-5-13-11-3-1-2-4-12(11)15-10(7-8-18-15)9-16(13)14/h1-4,7-8,13H,5-6,9H2. The van der Waals surface area contributed by atoms with Crippen molar-refractivity contribution in [1.29, 1.82) is 0 Å². The van der Waals surface area contributed by atoms with Crippen LogP contribution in [0.25, 0.3) is 10.4 Å². The molecule has 0 aliphatic carbocycles. The van der Waals surface area contributed by atoms with Gasteiger partial charge in [0, 0.05) is 17.8 Å². The number of amides is 1. The number of hydrogen-bond acceptors (Lipinski definition) is 2. The first-order valence-electron chi connectivity index (χ1n) is 6.30. The Morgan fingerprint density at radius 3 is 3.06 bits per heavy atom. The summed E-state index contributed by atoms with van der Waals surface area (Å²) in [6.07, 6.45) is 1.66. The quantitative estimate of drug-likeness (QED) is 0.704. The topological polar surface area (TPSA) is 20.3 Å². The van der Waals surface area contributed by atoms with Crippen molar-refractivity contribution in [3.05, 3.63) is 46.8 Å². The molecule has 2 nitrogen and oxygen atoms in total. The second-order valence-corrected chi connectivity index (χ2v) is 5.85. The number of nitrogens with zero attached hydrogens (tertiary/aromatic N) is 1. The zero-order chi connectivity index (χ0) is 12.1. The Hall–Kier alpha value is -1.61. The van der Waals surface area contributed by atoms with Crippen molar-refractivity contribution < 1.29 is 4.79 Å². The fraction of sp³-hybridized carbons (Fsp3) is 0.267. The zero-order valence-electron chi connectivity index (χ0n) is 9.93. The number of fused-ring (bicyclic) bond motifs is 5. The Labute approximate surface area is 110 Å². The van der Waals surface area contributed by atoms with Crippen molar-refractivity contribution in [2.75, 3.05) is 0 Å². The Bertz CT molecular complexity index is 631. The average Bonchev–Trinajstić information content (AvgIpc) is 2.96. The largest absolute Gasteiger partial charge is 0.331 e. The molecule has 1 aromatic heterocycles. The molecule has 90 valence electrons. The predicted molar refractivity (Wildman–Crippen MR) is 72.3 cm³/mol. The maximum absolute atomic E-state index is 12.0. The van der Waals surface area contributed by atoms with E-state index in [-0.39, 0.29) is 6.04 Å². The first kappa shape index (κ1) is 10.3. The van der Waals surface area contributed by atoms with Crippen LogP contribution in [0.15, 0.2) is 35.7 Å². The van der Waals surface area contributed by atoms with Crippen LogP contribution in [0.2, 0.25) is 0 Å². The van der Waals surface area contributed by atoms with Crippen LogP contribution in [0.1, 0.15) is 30.0 Å². The van der Waals surface area contributed by atoms with Crippen LogP contribution >= 0.6 is 11.3 Å². The first-order valence-corrected chi connectivity index (χ1v) is 7.18. The van der Waals surface area contributed by atoms with Gasteiger partial charge in [0.05, 0.1) is 6.04 Å². The molecule has 2 aliphatic rings.